The Kier molecular flexibility index (Phi) is 1.54. The second-order valence-corrected chi connectivity index (χ2v) is 3.13. The van der Waals surface area contributed by atoms with E-state index < -0.39 is 0 Å². The highest BCUT2D eigenvalue weighted by Crippen LogP contribution is 2.32. The molecule has 0 saturated carbocycles. The minimum atomic E-state index is 0.958. The van der Waals surface area contributed by atoms with E-state index >= 15 is 0 Å². The highest BCUT2D eigenvalue weighted by molar-refractivity contribution is 5.62. The Labute approximate surface area is 73.3 Å². The van der Waals surface area contributed by atoms with E-state index in [9.17, 15) is 0 Å². The molecule has 12 heavy (non-hydrogen) atoms. The standard InChI is InChI=1S/C12H11/c1-9-6-7-12-10(2)4-3-5-11(12)8-9/h3-5,7-8H,1-2,6H2/q+1. The molecule has 0 aromatic carbocycles. The molecule has 0 aromatic heterocycles. The van der Waals surface area contributed by atoms with Crippen LogP contribution in [0.2, 0.25) is 0 Å². The summed E-state index contributed by atoms with van der Waals surface area (Å²) < 4.78 is 0. The number of fused-ring (bicyclic) bond motifs is 1. The molecule has 2 aliphatic carbocycles. The van der Waals surface area contributed by atoms with Crippen molar-refractivity contribution in [3.8, 4) is 0 Å². The Bertz CT molecular complexity index is 335. The highest BCUT2D eigenvalue weighted by Gasteiger charge is 2.21. The maximum absolute atomic E-state index is 3.98. The molecule has 0 radical (unpaired) electrons. The molecule has 0 fully saturated rings. The van der Waals surface area contributed by atoms with Crippen molar-refractivity contribution in [3.63, 3.8) is 0 Å². The SMILES string of the molecule is C=C1C=C2[CH+]C=CC(=C)C2=CC1. The van der Waals surface area contributed by atoms with Crippen LogP contribution in [0, 0.1) is 6.42 Å². The molecule has 0 bridgehead atoms. The predicted molar refractivity (Wildman–Crippen MR) is 52.5 cm³/mol. The van der Waals surface area contributed by atoms with Gasteiger partial charge in [0.1, 0.15) is 5.57 Å². The first-order chi connectivity index (χ1) is 5.77. The van der Waals surface area contributed by atoms with Crippen molar-refractivity contribution >= 4 is 0 Å². The lowest BCUT2D eigenvalue weighted by molar-refractivity contribution is 1.19. The number of hydrogen-bond donors (Lipinski definition) is 0. The fourth-order valence-electron chi connectivity index (χ4n) is 1.52. The molecular formula is C12H11+. The topological polar surface area (TPSA) is 0 Å². The Morgan fingerprint density at radius 2 is 2.17 bits per heavy atom. The minimum Gasteiger partial charge on any atom is -0.0855 e. The van der Waals surface area contributed by atoms with Gasteiger partial charge in [0.15, 0.2) is 0 Å². The fraction of sp³-hybridized carbons (Fsp3) is 0.0833. The Morgan fingerprint density at radius 3 is 3.00 bits per heavy atom. The molecule has 0 heterocycles. The quantitative estimate of drug-likeness (QED) is 0.471. The molecule has 0 amide bonds. The molecule has 0 spiro atoms. The van der Waals surface area contributed by atoms with Crippen LogP contribution >= 0.6 is 0 Å². The van der Waals surface area contributed by atoms with E-state index in [0.717, 1.165) is 12.0 Å². The lowest BCUT2D eigenvalue weighted by Crippen LogP contribution is -2.01. The monoisotopic (exact) mass is 155 g/mol. The molecule has 0 N–H and O–H groups in total. The maximum atomic E-state index is 3.98. The van der Waals surface area contributed by atoms with E-state index in [0.29, 0.717) is 0 Å². The minimum absolute atomic E-state index is 0.958. The van der Waals surface area contributed by atoms with E-state index in [1.165, 1.54) is 16.7 Å². The second kappa shape index (κ2) is 2.56. The van der Waals surface area contributed by atoms with Gasteiger partial charge in [-0.2, -0.15) is 0 Å². The number of allylic oxidation sites excluding steroid dienone is 8. The molecule has 58 valence electrons. The van der Waals surface area contributed by atoms with Crippen molar-refractivity contribution in [2.75, 3.05) is 0 Å². The van der Waals surface area contributed by atoms with Gasteiger partial charge in [-0.3, -0.25) is 0 Å². The second-order valence-electron chi connectivity index (χ2n) is 3.13. The Hall–Kier alpha value is -1.43. The van der Waals surface area contributed by atoms with Crippen molar-refractivity contribution < 1.29 is 0 Å². The first-order valence-corrected chi connectivity index (χ1v) is 4.08. The molecule has 0 unspecified atom stereocenters. The van der Waals surface area contributed by atoms with Crippen molar-refractivity contribution in [2.45, 2.75) is 6.42 Å². The molecule has 2 rings (SSSR count). The Balaban J connectivity index is 2.45. The molecule has 0 nitrogen and oxygen atoms in total. The van der Waals surface area contributed by atoms with Crippen molar-refractivity contribution in [3.05, 3.63) is 66.2 Å². The molecule has 0 saturated heterocycles. The smallest absolute Gasteiger partial charge is 0.0855 e. The van der Waals surface area contributed by atoms with Crippen LogP contribution < -0.4 is 0 Å². The summed E-state index contributed by atoms with van der Waals surface area (Å²) in [5, 5.41) is 0. The third-order valence-electron chi connectivity index (χ3n) is 2.16. The summed E-state index contributed by atoms with van der Waals surface area (Å²) in [6, 6.07) is 0. The summed E-state index contributed by atoms with van der Waals surface area (Å²) in [6.07, 6.45) is 11.5. The lowest BCUT2D eigenvalue weighted by Gasteiger charge is -2.12. The van der Waals surface area contributed by atoms with Gasteiger partial charge in [-0.15, -0.1) is 0 Å². The van der Waals surface area contributed by atoms with Gasteiger partial charge in [-0.1, -0.05) is 13.2 Å². The average Bonchev–Trinajstić information content (AvgIpc) is 2.04. The van der Waals surface area contributed by atoms with Gasteiger partial charge >= 0.3 is 0 Å². The first kappa shape index (κ1) is 7.23. The van der Waals surface area contributed by atoms with Gasteiger partial charge < -0.3 is 0 Å². The van der Waals surface area contributed by atoms with Gasteiger partial charge in [0.25, 0.3) is 0 Å². The van der Waals surface area contributed by atoms with Crippen molar-refractivity contribution in [2.24, 2.45) is 0 Å². The molecule has 0 aromatic rings. The van der Waals surface area contributed by atoms with Crippen LogP contribution in [0.4, 0.5) is 0 Å². The van der Waals surface area contributed by atoms with E-state index in [1.807, 2.05) is 12.2 Å². The maximum Gasteiger partial charge on any atom is 0.104 e. The lowest BCUT2D eigenvalue weighted by atomic mass is 9.85. The van der Waals surface area contributed by atoms with Crippen LogP contribution in [0.5, 0.6) is 0 Å². The zero-order chi connectivity index (χ0) is 8.55. The summed E-state index contributed by atoms with van der Waals surface area (Å²) in [5.41, 5.74) is 4.80. The van der Waals surface area contributed by atoms with Crippen LogP contribution in [0.25, 0.3) is 0 Å². The zero-order valence-corrected chi connectivity index (χ0v) is 7.01. The van der Waals surface area contributed by atoms with Gasteiger partial charge in [0.05, 0.1) is 11.1 Å². The van der Waals surface area contributed by atoms with Crippen molar-refractivity contribution in [1.82, 2.24) is 0 Å². The van der Waals surface area contributed by atoms with Gasteiger partial charge in [-0.25, -0.2) is 0 Å². The summed E-state index contributed by atoms with van der Waals surface area (Å²) in [6.45, 7) is 7.91. The summed E-state index contributed by atoms with van der Waals surface area (Å²) in [7, 11) is 0. The van der Waals surface area contributed by atoms with Crippen LogP contribution in [0.3, 0.4) is 0 Å². The predicted octanol–water partition coefficient (Wildman–Crippen LogP) is 3.13. The highest BCUT2D eigenvalue weighted by atomic mass is 14.2. The molecule has 0 aliphatic heterocycles. The van der Waals surface area contributed by atoms with E-state index in [1.54, 1.807) is 0 Å². The van der Waals surface area contributed by atoms with Gasteiger partial charge in [-0.05, 0) is 11.6 Å². The number of rotatable bonds is 0. The summed E-state index contributed by atoms with van der Waals surface area (Å²) in [4.78, 5) is 0. The third-order valence-corrected chi connectivity index (χ3v) is 2.16. The normalized spacial score (nSPS) is 21.0. The van der Waals surface area contributed by atoms with Crippen LogP contribution in [0.1, 0.15) is 6.42 Å². The number of hydrogen-bond acceptors (Lipinski definition) is 0. The van der Waals surface area contributed by atoms with Gasteiger partial charge in [0, 0.05) is 31.1 Å². The fourth-order valence-corrected chi connectivity index (χ4v) is 1.52. The van der Waals surface area contributed by atoms with Crippen LogP contribution in [0.15, 0.2) is 59.8 Å². The molecule has 0 heteroatoms. The van der Waals surface area contributed by atoms with Crippen LogP contribution in [-0.4, -0.2) is 0 Å². The third kappa shape index (κ3) is 1.06. The van der Waals surface area contributed by atoms with Crippen LogP contribution in [-0.2, 0) is 0 Å². The molecule has 2 aliphatic rings. The van der Waals surface area contributed by atoms with Crippen molar-refractivity contribution in [1.29, 1.82) is 0 Å². The Morgan fingerprint density at radius 1 is 1.33 bits per heavy atom. The van der Waals surface area contributed by atoms with Gasteiger partial charge in [0.2, 0.25) is 0 Å². The van der Waals surface area contributed by atoms with E-state index in [-0.39, 0.29) is 0 Å². The first-order valence-electron chi connectivity index (χ1n) is 4.08. The van der Waals surface area contributed by atoms with E-state index in [2.05, 4.69) is 31.7 Å². The molecule has 0 atom stereocenters. The molecular weight excluding hydrogens is 144 g/mol. The largest absolute Gasteiger partial charge is 0.104 e. The zero-order valence-electron chi connectivity index (χ0n) is 7.01. The summed E-state index contributed by atoms with van der Waals surface area (Å²) in [5.74, 6) is 0. The van der Waals surface area contributed by atoms with E-state index in [4.69, 9.17) is 0 Å². The average molecular weight is 155 g/mol. The summed E-state index contributed by atoms with van der Waals surface area (Å²) >= 11 is 0.